The van der Waals surface area contributed by atoms with Gasteiger partial charge in [0.1, 0.15) is 5.75 Å². The first-order chi connectivity index (χ1) is 13.1. The normalized spacial score (nSPS) is 16.6. The van der Waals surface area contributed by atoms with Crippen molar-refractivity contribution in [2.45, 2.75) is 58.9 Å². The van der Waals surface area contributed by atoms with Crippen LogP contribution >= 0.6 is 0 Å². The summed E-state index contributed by atoms with van der Waals surface area (Å²) < 4.78 is 11.0. The third-order valence-corrected chi connectivity index (χ3v) is 4.39. The molecule has 1 aliphatic rings. The number of hydrogen-bond donors (Lipinski definition) is 2. The molecule has 2 amide bonds. The second-order valence-electron chi connectivity index (χ2n) is 6.52. The molecular formula is C21H30N2O4. The average molecular weight is 374 g/mol. The molecule has 27 heavy (non-hydrogen) atoms. The Morgan fingerprint density at radius 3 is 2.63 bits per heavy atom. The van der Waals surface area contributed by atoms with Gasteiger partial charge in [0, 0.05) is 5.70 Å². The molecule has 1 aromatic carbocycles. The highest BCUT2D eigenvalue weighted by molar-refractivity contribution is 5.95. The van der Waals surface area contributed by atoms with Crippen molar-refractivity contribution in [2.24, 2.45) is 0 Å². The van der Waals surface area contributed by atoms with Crippen molar-refractivity contribution >= 4 is 12.0 Å². The number of benzene rings is 1. The number of rotatable bonds is 10. The van der Waals surface area contributed by atoms with Crippen LogP contribution in [0.15, 0.2) is 35.5 Å². The zero-order valence-electron chi connectivity index (χ0n) is 16.5. The SMILES string of the molecule is CCCCOc1cccc(C2NC(=O)NC(CCCC)=C2C(=O)OCC)c1. The molecule has 0 saturated heterocycles. The number of carbonyl (C=O) groups excluding carboxylic acids is 2. The molecule has 0 aliphatic carbocycles. The van der Waals surface area contributed by atoms with Crippen LogP contribution in [0.1, 0.15) is 64.5 Å². The molecule has 2 rings (SSSR count). The molecule has 1 unspecified atom stereocenters. The van der Waals surface area contributed by atoms with E-state index in [2.05, 4.69) is 24.5 Å². The van der Waals surface area contributed by atoms with Crippen molar-refractivity contribution in [1.82, 2.24) is 10.6 Å². The van der Waals surface area contributed by atoms with Gasteiger partial charge in [0.05, 0.1) is 24.8 Å². The molecular weight excluding hydrogens is 344 g/mol. The fraction of sp³-hybridized carbons (Fsp3) is 0.524. The minimum Gasteiger partial charge on any atom is -0.494 e. The first-order valence-corrected chi connectivity index (χ1v) is 9.81. The maximum absolute atomic E-state index is 12.7. The summed E-state index contributed by atoms with van der Waals surface area (Å²) in [6, 6.07) is 6.66. The lowest BCUT2D eigenvalue weighted by atomic mass is 9.93. The summed E-state index contributed by atoms with van der Waals surface area (Å²) in [5.74, 6) is 0.324. The first kappa shape index (κ1) is 20.8. The van der Waals surface area contributed by atoms with E-state index in [0.29, 0.717) is 24.3 Å². The third kappa shape index (κ3) is 5.74. The van der Waals surface area contributed by atoms with Crippen LogP contribution in [0.2, 0.25) is 0 Å². The van der Waals surface area contributed by atoms with Crippen molar-refractivity contribution < 1.29 is 19.1 Å². The van der Waals surface area contributed by atoms with Gasteiger partial charge in [0.2, 0.25) is 0 Å². The van der Waals surface area contributed by atoms with E-state index in [1.54, 1.807) is 6.92 Å². The molecule has 148 valence electrons. The molecule has 0 saturated carbocycles. The maximum Gasteiger partial charge on any atom is 0.338 e. The molecule has 1 heterocycles. The second-order valence-corrected chi connectivity index (χ2v) is 6.52. The number of urea groups is 1. The fourth-order valence-electron chi connectivity index (χ4n) is 2.99. The van der Waals surface area contributed by atoms with Crippen LogP contribution in [0.25, 0.3) is 0 Å². The Balaban J connectivity index is 2.37. The van der Waals surface area contributed by atoms with Crippen molar-refractivity contribution in [3.8, 4) is 5.75 Å². The summed E-state index contributed by atoms with van der Waals surface area (Å²) in [6.45, 7) is 6.88. The molecule has 0 spiro atoms. The van der Waals surface area contributed by atoms with Crippen molar-refractivity contribution in [3.63, 3.8) is 0 Å². The smallest absolute Gasteiger partial charge is 0.338 e. The summed E-state index contributed by atoms with van der Waals surface area (Å²) in [5, 5.41) is 5.65. The van der Waals surface area contributed by atoms with Gasteiger partial charge in [0.15, 0.2) is 0 Å². The van der Waals surface area contributed by atoms with Crippen LogP contribution in [0.3, 0.4) is 0 Å². The zero-order valence-corrected chi connectivity index (χ0v) is 16.5. The summed E-state index contributed by atoms with van der Waals surface area (Å²) >= 11 is 0. The quantitative estimate of drug-likeness (QED) is 0.475. The van der Waals surface area contributed by atoms with Gasteiger partial charge < -0.3 is 20.1 Å². The molecule has 2 N–H and O–H groups in total. The van der Waals surface area contributed by atoms with E-state index in [9.17, 15) is 9.59 Å². The van der Waals surface area contributed by atoms with Crippen LogP contribution < -0.4 is 15.4 Å². The van der Waals surface area contributed by atoms with Gasteiger partial charge in [-0.15, -0.1) is 0 Å². The topological polar surface area (TPSA) is 76.7 Å². The third-order valence-electron chi connectivity index (χ3n) is 4.39. The van der Waals surface area contributed by atoms with E-state index >= 15 is 0 Å². The Kier molecular flexibility index (Phi) is 8.17. The van der Waals surface area contributed by atoms with E-state index in [1.807, 2.05) is 24.3 Å². The predicted octanol–water partition coefficient (Wildman–Crippen LogP) is 4.23. The van der Waals surface area contributed by atoms with Crippen molar-refractivity contribution in [1.29, 1.82) is 0 Å². The molecule has 6 nitrogen and oxygen atoms in total. The molecule has 1 atom stereocenters. The standard InChI is InChI=1S/C21H30N2O4/c1-4-7-12-17-18(20(24)26-6-3)19(23-21(25)22-17)15-10-9-11-16(14-15)27-13-8-5-2/h9-11,14,19H,4-8,12-13H2,1-3H3,(H2,22,23,25). The summed E-state index contributed by atoms with van der Waals surface area (Å²) in [7, 11) is 0. The minimum atomic E-state index is -0.556. The average Bonchev–Trinajstić information content (AvgIpc) is 2.66. The van der Waals surface area contributed by atoms with E-state index in [4.69, 9.17) is 9.47 Å². The summed E-state index contributed by atoms with van der Waals surface area (Å²) in [4.78, 5) is 24.9. The summed E-state index contributed by atoms with van der Waals surface area (Å²) in [5.41, 5.74) is 1.91. The Morgan fingerprint density at radius 1 is 1.15 bits per heavy atom. The van der Waals surface area contributed by atoms with Crippen molar-refractivity contribution in [2.75, 3.05) is 13.2 Å². The lowest BCUT2D eigenvalue weighted by molar-refractivity contribution is -0.139. The monoisotopic (exact) mass is 374 g/mol. The fourth-order valence-corrected chi connectivity index (χ4v) is 2.99. The highest BCUT2D eigenvalue weighted by Gasteiger charge is 2.33. The maximum atomic E-state index is 12.7. The van der Waals surface area contributed by atoms with E-state index in [1.165, 1.54) is 0 Å². The van der Waals surface area contributed by atoms with Crippen LogP contribution in [0.5, 0.6) is 5.75 Å². The predicted molar refractivity (Wildman–Crippen MR) is 104 cm³/mol. The molecule has 1 aliphatic heterocycles. The van der Waals surface area contributed by atoms with E-state index in [-0.39, 0.29) is 12.6 Å². The van der Waals surface area contributed by atoms with Gasteiger partial charge in [-0.3, -0.25) is 0 Å². The van der Waals surface area contributed by atoms with Gasteiger partial charge in [0.25, 0.3) is 0 Å². The van der Waals surface area contributed by atoms with Gasteiger partial charge in [-0.2, -0.15) is 0 Å². The number of ether oxygens (including phenoxy) is 2. The number of esters is 1. The first-order valence-electron chi connectivity index (χ1n) is 9.81. The molecule has 0 aromatic heterocycles. The van der Waals surface area contributed by atoms with E-state index < -0.39 is 12.0 Å². The van der Waals surface area contributed by atoms with Crippen LogP contribution in [0.4, 0.5) is 4.79 Å². The van der Waals surface area contributed by atoms with Gasteiger partial charge >= 0.3 is 12.0 Å². The zero-order chi connectivity index (χ0) is 19.6. The highest BCUT2D eigenvalue weighted by Crippen LogP contribution is 2.31. The van der Waals surface area contributed by atoms with Gasteiger partial charge in [-0.25, -0.2) is 9.59 Å². The Bertz CT molecular complexity index is 685. The van der Waals surface area contributed by atoms with E-state index in [0.717, 1.165) is 37.0 Å². The van der Waals surface area contributed by atoms with Crippen LogP contribution in [0, 0.1) is 0 Å². The number of amides is 2. The number of hydrogen-bond acceptors (Lipinski definition) is 4. The van der Waals surface area contributed by atoms with Gasteiger partial charge in [-0.1, -0.05) is 38.8 Å². The van der Waals surface area contributed by atoms with Crippen molar-refractivity contribution in [3.05, 3.63) is 41.1 Å². The number of allylic oxidation sites excluding steroid dienone is 1. The highest BCUT2D eigenvalue weighted by atomic mass is 16.5. The Hall–Kier alpha value is -2.50. The van der Waals surface area contributed by atoms with Crippen LogP contribution in [-0.4, -0.2) is 25.2 Å². The molecule has 6 heteroatoms. The molecule has 1 aromatic rings. The Morgan fingerprint density at radius 2 is 1.93 bits per heavy atom. The van der Waals surface area contributed by atoms with Gasteiger partial charge in [-0.05, 0) is 43.9 Å². The molecule has 0 radical (unpaired) electrons. The molecule has 0 bridgehead atoms. The largest absolute Gasteiger partial charge is 0.494 e. The minimum absolute atomic E-state index is 0.282. The second kappa shape index (κ2) is 10.6. The number of unbranched alkanes of at least 4 members (excludes halogenated alkanes) is 2. The number of carbonyl (C=O) groups is 2. The molecule has 0 fully saturated rings. The lowest BCUT2D eigenvalue weighted by Crippen LogP contribution is -2.46. The number of nitrogens with one attached hydrogen (secondary N) is 2. The summed E-state index contributed by atoms with van der Waals surface area (Å²) in [6.07, 6.45) is 4.50. The Labute approximate surface area is 161 Å². The van der Waals surface area contributed by atoms with Crippen LogP contribution in [-0.2, 0) is 9.53 Å². The lowest BCUT2D eigenvalue weighted by Gasteiger charge is -2.29.